The van der Waals surface area contributed by atoms with E-state index >= 15 is 4.39 Å². The molecule has 28 heavy (non-hydrogen) atoms. The van der Waals surface area contributed by atoms with E-state index in [1.807, 2.05) is 0 Å². The Morgan fingerprint density at radius 2 is 2.07 bits per heavy atom. The summed E-state index contributed by atoms with van der Waals surface area (Å²) in [6.45, 7) is 3.25. The number of amides is 1. The Balaban J connectivity index is 1.59. The molecule has 1 atom stereocenters. The zero-order chi connectivity index (χ0) is 19.9. The molecule has 0 bridgehead atoms. The summed E-state index contributed by atoms with van der Waals surface area (Å²) < 4.78 is 53.4. The molecule has 9 heteroatoms. The summed E-state index contributed by atoms with van der Waals surface area (Å²) in [6, 6.07) is 5.15. The highest BCUT2D eigenvalue weighted by Crippen LogP contribution is 2.35. The van der Waals surface area contributed by atoms with Gasteiger partial charge in [-0.15, -0.1) is 0 Å². The van der Waals surface area contributed by atoms with Gasteiger partial charge in [0.15, 0.2) is 0 Å². The van der Waals surface area contributed by atoms with Gasteiger partial charge in [-0.2, -0.15) is 13.2 Å². The first-order chi connectivity index (χ1) is 13.3. The maximum absolute atomic E-state index is 15.0. The highest BCUT2D eigenvalue weighted by molar-refractivity contribution is 6.04. The fraction of sp³-hybridized carbons (Fsp3) is 0.368. The number of pyridine rings is 1. The van der Waals surface area contributed by atoms with Crippen molar-refractivity contribution in [3.8, 4) is 0 Å². The topological polar surface area (TPSA) is 57.3 Å². The smallest absolute Gasteiger partial charge is 0.319 e. The van der Waals surface area contributed by atoms with Crippen LogP contribution in [0.3, 0.4) is 0 Å². The lowest BCUT2D eigenvalue weighted by Gasteiger charge is -2.41. The third-order valence-corrected chi connectivity index (χ3v) is 5.20. The molecular weight excluding hydrogens is 376 g/mol. The summed E-state index contributed by atoms with van der Waals surface area (Å²) in [4.78, 5) is 17.9. The van der Waals surface area contributed by atoms with E-state index in [4.69, 9.17) is 0 Å². The van der Waals surface area contributed by atoms with Crippen molar-refractivity contribution in [1.82, 2.24) is 15.2 Å². The monoisotopic (exact) mass is 394 g/mol. The van der Waals surface area contributed by atoms with Gasteiger partial charge in [0.2, 0.25) is 0 Å². The van der Waals surface area contributed by atoms with Gasteiger partial charge in [0, 0.05) is 44.0 Å². The lowest BCUT2D eigenvalue weighted by Crippen LogP contribution is -2.49. The largest absolute Gasteiger partial charge is 0.433 e. The van der Waals surface area contributed by atoms with Crippen molar-refractivity contribution in [2.75, 3.05) is 31.5 Å². The Labute approximate surface area is 158 Å². The zero-order valence-corrected chi connectivity index (χ0v) is 14.8. The number of rotatable bonds is 2. The molecule has 148 valence electrons. The van der Waals surface area contributed by atoms with Crippen LogP contribution in [-0.2, 0) is 12.6 Å². The van der Waals surface area contributed by atoms with Crippen molar-refractivity contribution < 1.29 is 22.4 Å². The van der Waals surface area contributed by atoms with Crippen molar-refractivity contribution in [2.45, 2.75) is 18.6 Å². The molecule has 1 fully saturated rings. The van der Waals surface area contributed by atoms with E-state index in [0.29, 0.717) is 18.1 Å². The minimum absolute atomic E-state index is 0.0358. The molecule has 1 aromatic carbocycles. The van der Waals surface area contributed by atoms with Crippen LogP contribution in [0.15, 0.2) is 30.5 Å². The minimum Gasteiger partial charge on any atom is -0.319 e. The molecule has 0 radical (unpaired) electrons. The third kappa shape index (κ3) is 3.47. The summed E-state index contributed by atoms with van der Waals surface area (Å²) in [5.74, 6) is -1.34. The van der Waals surface area contributed by atoms with E-state index in [1.54, 1.807) is 6.07 Å². The van der Waals surface area contributed by atoms with Gasteiger partial charge in [0.1, 0.15) is 11.5 Å². The van der Waals surface area contributed by atoms with E-state index in [9.17, 15) is 18.0 Å². The number of nitrogens with one attached hydrogen (secondary N) is 2. The lowest BCUT2D eigenvalue weighted by molar-refractivity contribution is -0.141. The van der Waals surface area contributed by atoms with Crippen LogP contribution in [0.5, 0.6) is 0 Å². The Bertz CT molecular complexity index is 915. The van der Waals surface area contributed by atoms with Gasteiger partial charge in [-0.05, 0) is 35.7 Å². The van der Waals surface area contributed by atoms with Gasteiger partial charge in [0.25, 0.3) is 5.91 Å². The number of hydrogen-bond acceptors (Lipinski definition) is 4. The average molecular weight is 394 g/mol. The average Bonchev–Trinajstić information content (AvgIpc) is 2.69. The number of nitrogens with zero attached hydrogens (tertiary/aromatic N) is 2. The molecular formula is C19H18F4N4O. The van der Waals surface area contributed by atoms with E-state index in [-0.39, 0.29) is 17.3 Å². The van der Waals surface area contributed by atoms with Crippen LogP contribution in [0.2, 0.25) is 0 Å². The Morgan fingerprint density at radius 3 is 2.86 bits per heavy atom. The standard InChI is InChI=1S/C19H18F4N4O/c20-17-13-4-7-27-8-6-24-10-15(27)12(13)1-2-14(17)26-18(28)11-3-5-25-16(9-11)19(21,22)23/h1-3,5,9,15,24H,4,6-8,10H2,(H,26,28). The first kappa shape index (κ1) is 18.8. The number of anilines is 1. The number of halogens is 4. The fourth-order valence-electron chi connectivity index (χ4n) is 3.80. The number of carbonyl (C=O) groups excluding carboxylic acids is 1. The second-order valence-corrected chi connectivity index (χ2v) is 6.88. The summed E-state index contributed by atoms with van der Waals surface area (Å²) in [7, 11) is 0. The van der Waals surface area contributed by atoms with Crippen LogP contribution >= 0.6 is 0 Å². The first-order valence-corrected chi connectivity index (χ1v) is 8.95. The maximum atomic E-state index is 15.0. The number of aromatic nitrogens is 1. The van der Waals surface area contributed by atoms with Crippen molar-refractivity contribution in [3.63, 3.8) is 0 Å². The quantitative estimate of drug-likeness (QED) is 0.769. The van der Waals surface area contributed by atoms with Crippen molar-refractivity contribution in [2.24, 2.45) is 0 Å². The van der Waals surface area contributed by atoms with Crippen molar-refractivity contribution >= 4 is 11.6 Å². The molecule has 1 unspecified atom stereocenters. The van der Waals surface area contributed by atoms with Gasteiger partial charge in [-0.3, -0.25) is 14.7 Å². The van der Waals surface area contributed by atoms with Gasteiger partial charge in [0.05, 0.1) is 5.69 Å². The molecule has 2 aliphatic rings. The van der Waals surface area contributed by atoms with Crippen LogP contribution < -0.4 is 10.6 Å². The number of hydrogen-bond donors (Lipinski definition) is 2. The fourth-order valence-corrected chi connectivity index (χ4v) is 3.80. The predicted molar refractivity (Wildman–Crippen MR) is 94.5 cm³/mol. The Kier molecular flexibility index (Phi) is 4.80. The summed E-state index contributed by atoms with van der Waals surface area (Å²) in [5, 5.41) is 5.69. The zero-order valence-electron chi connectivity index (χ0n) is 14.8. The minimum atomic E-state index is -4.66. The molecule has 2 aliphatic heterocycles. The van der Waals surface area contributed by atoms with Gasteiger partial charge < -0.3 is 10.6 Å². The van der Waals surface area contributed by atoms with Crippen molar-refractivity contribution in [1.29, 1.82) is 0 Å². The van der Waals surface area contributed by atoms with E-state index in [0.717, 1.165) is 44.0 Å². The van der Waals surface area contributed by atoms with Crippen LogP contribution in [0.25, 0.3) is 0 Å². The molecule has 2 aromatic rings. The van der Waals surface area contributed by atoms with Crippen LogP contribution in [-0.4, -0.2) is 42.0 Å². The lowest BCUT2D eigenvalue weighted by atomic mass is 9.90. The number of benzene rings is 1. The van der Waals surface area contributed by atoms with E-state index in [1.165, 1.54) is 6.07 Å². The summed E-state index contributed by atoms with van der Waals surface area (Å²) >= 11 is 0. The van der Waals surface area contributed by atoms with Crippen LogP contribution in [0.1, 0.15) is 33.2 Å². The maximum Gasteiger partial charge on any atom is 0.433 e. The highest BCUT2D eigenvalue weighted by Gasteiger charge is 2.34. The van der Waals surface area contributed by atoms with Gasteiger partial charge in [-0.1, -0.05) is 6.07 Å². The molecule has 1 amide bonds. The second kappa shape index (κ2) is 7.14. The second-order valence-electron chi connectivity index (χ2n) is 6.88. The Hall–Kier alpha value is -2.52. The number of fused-ring (bicyclic) bond motifs is 3. The highest BCUT2D eigenvalue weighted by atomic mass is 19.4. The van der Waals surface area contributed by atoms with Gasteiger partial charge >= 0.3 is 6.18 Å². The first-order valence-electron chi connectivity index (χ1n) is 8.95. The molecule has 1 saturated heterocycles. The number of alkyl halides is 3. The van der Waals surface area contributed by atoms with E-state index < -0.39 is 23.6 Å². The molecule has 1 aromatic heterocycles. The van der Waals surface area contributed by atoms with Crippen LogP contribution in [0.4, 0.5) is 23.2 Å². The molecule has 0 spiro atoms. The molecule has 0 aliphatic carbocycles. The molecule has 2 N–H and O–H groups in total. The van der Waals surface area contributed by atoms with Crippen molar-refractivity contribution in [3.05, 3.63) is 58.7 Å². The van der Waals surface area contributed by atoms with Gasteiger partial charge in [-0.25, -0.2) is 4.39 Å². The molecule has 5 nitrogen and oxygen atoms in total. The number of piperazine rings is 1. The molecule has 0 saturated carbocycles. The predicted octanol–water partition coefficient (Wildman–Crippen LogP) is 2.99. The van der Waals surface area contributed by atoms with Crippen LogP contribution in [0, 0.1) is 5.82 Å². The third-order valence-electron chi connectivity index (χ3n) is 5.20. The summed E-state index contributed by atoms with van der Waals surface area (Å²) in [5.41, 5.74) is -0.00456. The normalized spacial score (nSPS) is 19.6. The SMILES string of the molecule is O=C(Nc1ccc2c(c1F)CCN1CCNCC21)c1ccnc(C(F)(F)F)c1. The number of carbonyl (C=O) groups is 1. The van der Waals surface area contributed by atoms with E-state index in [2.05, 4.69) is 20.5 Å². The summed E-state index contributed by atoms with van der Waals surface area (Å²) in [6.07, 6.45) is -3.23. The molecule has 4 rings (SSSR count). The molecule has 3 heterocycles. The Morgan fingerprint density at radius 1 is 1.25 bits per heavy atom.